The van der Waals surface area contributed by atoms with Crippen LogP contribution < -0.4 is 0 Å². The molecule has 0 bridgehead atoms. The fraction of sp³-hybridized carbons (Fsp3) is 0.947. The zero-order valence-electron chi connectivity index (χ0n) is 14.4. The van der Waals surface area contributed by atoms with Crippen molar-refractivity contribution < 1.29 is 0 Å². The lowest BCUT2D eigenvalue weighted by atomic mass is 10.0. The minimum atomic E-state index is 1.22. The van der Waals surface area contributed by atoms with E-state index < -0.39 is 0 Å². The van der Waals surface area contributed by atoms with Crippen LogP contribution in [0.1, 0.15) is 110 Å². The van der Waals surface area contributed by atoms with Crippen molar-refractivity contribution in [2.75, 3.05) is 5.75 Å². The van der Waals surface area contributed by atoms with E-state index in [2.05, 4.69) is 6.92 Å². The van der Waals surface area contributed by atoms with Crippen LogP contribution in [0.25, 0.3) is 0 Å². The van der Waals surface area contributed by atoms with Gasteiger partial charge < -0.3 is 0 Å². The topological polar surface area (TPSA) is 0 Å². The first-order valence-corrected chi connectivity index (χ1v) is 11.0. The normalized spacial score (nSPS) is 10.9. The standard InChI is InChI=1S/C19H38S2/c1-2-3-4-5-6-7-8-9-10-11-12-13-14-15-16-17-18-21-19-20/h19H,2-18H2,1H3. The number of thioether (sulfide) groups is 1. The molecule has 0 radical (unpaired) electrons. The van der Waals surface area contributed by atoms with Gasteiger partial charge in [-0.05, 0) is 12.2 Å². The average molecular weight is 331 g/mol. The van der Waals surface area contributed by atoms with Gasteiger partial charge in [0.25, 0.3) is 0 Å². The molecule has 0 heterocycles. The highest BCUT2D eigenvalue weighted by Gasteiger charge is 1.94. The van der Waals surface area contributed by atoms with Crippen LogP contribution in [0.3, 0.4) is 0 Å². The lowest BCUT2D eigenvalue weighted by Crippen LogP contribution is -1.84. The molecule has 0 nitrogen and oxygen atoms in total. The zero-order chi connectivity index (χ0) is 15.4. The third-order valence-electron chi connectivity index (χ3n) is 4.18. The van der Waals surface area contributed by atoms with Crippen molar-refractivity contribution in [1.29, 1.82) is 0 Å². The molecule has 0 aromatic heterocycles. The van der Waals surface area contributed by atoms with E-state index in [1.54, 1.807) is 16.5 Å². The van der Waals surface area contributed by atoms with Crippen molar-refractivity contribution >= 4 is 28.7 Å². The van der Waals surface area contributed by atoms with E-state index in [1.807, 2.05) is 0 Å². The number of thiocarbonyl (C=S) groups is 1. The second kappa shape index (κ2) is 20.4. The van der Waals surface area contributed by atoms with E-state index in [-0.39, 0.29) is 0 Å². The maximum atomic E-state index is 4.80. The third-order valence-corrected chi connectivity index (χ3v) is 5.25. The summed E-state index contributed by atoms with van der Waals surface area (Å²) in [5, 5.41) is 0. The number of hydrogen-bond acceptors (Lipinski definition) is 2. The van der Waals surface area contributed by atoms with Crippen LogP contribution in [0.2, 0.25) is 0 Å². The molecule has 0 rings (SSSR count). The van der Waals surface area contributed by atoms with Gasteiger partial charge in [0.15, 0.2) is 0 Å². The van der Waals surface area contributed by atoms with Crippen LogP contribution >= 0.6 is 24.0 Å². The molecule has 0 saturated carbocycles. The minimum absolute atomic E-state index is 1.22. The van der Waals surface area contributed by atoms with Crippen molar-refractivity contribution in [3.63, 3.8) is 0 Å². The molecular formula is C19H38S2. The van der Waals surface area contributed by atoms with Crippen LogP contribution in [0.5, 0.6) is 0 Å². The highest BCUT2D eigenvalue weighted by molar-refractivity contribution is 8.20. The fourth-order valence-electron chi connectivity index (χ4n) is 2.78. The Morgan fingerprint density at radius 1 is 0.571 bits per heavy atom. The summed E-state index contributed by atoms with van der Waals surface area (Å²) in [5.41, 5.74) is 0. The van der Waals surface area contributed by atoms with Gasteiger partial charge in [0.1, 0.15) is 0 Å². The molecule has 0 amide bonds. The van der Waals surface area contributed by atoms with Crippen LogP contribution in [0.15, 0.2) is 0 Å². The van der Waals surface area contributed by atoms with E-state index in [4.69, 9.17) is 12.2 Å². The smallest absolute Gasteiger partial charge is 0.0341 e. The SMILES string of the molecule is CCCCCCCCCCCCCCCCCCSC=S. The van der Waals surface area contributed by atoms with E-state index >= 15 is 0 Å². The van der Waals surface area contributed by atoms with Crippen LogP contribution in [0, 0.1) is 0 Å². The predicted octanol–water partition coefficient (Wildman–Crippen LogP) is 7.94. The van der Waals surface area contributed by atoms with E-state index in [1.165, 1.54) is 108 Å². The second-order valence-electron chi connectivity index (χ2n) is 6.27. The first kappa shape index (κ1) is 21.4. The molecule has 0 aromatic rings. The zero-order valence-corrected chi connectivity index (χ0v) is 16.0. The summed E-state index contributed by atoms with van der Waals surface area (Å²) in [6.07, 6.45) is 23.1. The molecule has 2 heteroatoms. The molecule has 0 spiro atoms. The Labute approximate surface area is 144 Å². The van der Waals surface area contributed by atoms with Crippen molar-refractivity contribution in [3.8, 4) is 0 Å². The molecule has 0 N–H and O–H groups in total. The van der Waals surface area contributed by atoms with Gasteiger partial charge in [-0.15, -0.1) is 11.8 Å². The number of hydrogen-bond donors (Lipinski definition) is 0. The Bertz CT molecular complexity index is 192. The van der Waals surface area contributed by atoms with Gasteiger partial charge in [-0.3, -0.25) is 0 Å². The molecule has 0 aliphatic heterocycles. The van der Waals surface area contributed by atoms with Crippen molar-refractivity contribution in [2.45, 2.75) is 110 Å². The van der Waals surface area contributed by atoms with Gasteiger partial charge in [-0.2, -0.15) is 0 Å². The van der Waals surface area contributed by atoms with Crippen molar-refractivity contribution in [2.24, 2.45) is 0 Å². The monoisotopic (exact) mass is 330 g/mol. The molecule has 0 saturated heterocycles. The number of rotatable bonds is 18. The van der Waals surface area contributed by atoms with E-state index in [0.717, 1.165) is 0 Å². The lowest BCUT2D eigenvalue weighted by molar-refractivity contribution is 0.532. The number of unbranched alkanes of at least 4 members (excludes halogenated alkanes) is 15. The maximum absolute atomic E-state index is 4.80. The first-order valence-electron chi connectivity index (χ1n) is 9.47. The molecule has 0 aromatic carbocycles. The van der Waals surface area contributed by atoms with Crippen LogP contribution in [-0.2, 0) is 0 Å². The van der Waals surface area contributed by atoms with E-state index in [9.17, 15) is 0 Å². The summed E-state index contributed by atoms with van der Waals surface area (Å²) < 4.78 is 1.80. The fourth-order valence-corrected chi connectivity index (χ4v) is 3.54. The summed E-state index contributed by atoms with van der Waals surface area (Å²) in [6.45, 7) is 2.29. The van der Waals surface area contributed by atoms with Gasteiger partial charge in [0.2, 0.25) is 0 Å². The van der Waals surface area contributed by atoms with Crippen LogP contribution in [-0.4, -0.2) is 10.5 Å². The Morgan fingerprint density at radius 2 is 0.905 bits per heavy atom. The molecule has 0 aliphatic rings. The Morgan fingerprint density at radius 3 is 1.24 bits per heavy atom. The Hall–Kier alpha value is 0.440. The highest BCUT2D eigenvalue weighted by Crippen LogP contribution is 2.14. The van der Waals surface area contributed by atoms with Crippen LogP contribution in [0.4, 0.5) is 0 Å². The quantitative estimate of drug-likeness (QED) is 0.185. The summed E-state index contributed by atoms with van der Waals surface area (Å²) >= 11 is 6.58. The summed E-state index contributed by atoms with van der Waals surface area (Å²) in [7, 11) is 0. The average Bonchev–Trinajstić information content (AvgIpc) is 2.50. The van der Waals surface area contributed by atoms with Crippen molar-refractivity contribution in [1.82, 2.24) is 0 Å². The van der Waals surface area contributed by atoms with Gasteiger partial charge in [0, 0.05) is 4.70 Å². The summed E-state index contributed by atoms with van der Waals surface area (Å²) in [4.78, 5) is 0. The van der Waals surface area contributed by atoms with Gasteiger partial charge in [-0.1, -0.05) is 115 Å². The lowest BCUT2D eigenvalue weighted by Gasteiger charge is -2.03. The van der Waals surface area contributed by atoms with Gasteiger partial charge in [-0.25, -0.2) is 0 Å². The molecular weight excluding hydrogens is 292 g/mol. The molecule has 21 heavy (non-hydrogen) atoms. The third kappa shape index (κ3) is 20.4. The molecule has 0 unspecified atom stereocenters. The summed E-state index contributed by atoms with van der Waals surface area (Å²) in [5.74, 6) is 1.22. The Balaban J connectivity index is 2.91. The van der Waals surface area contributed by atoms with Crippen molar-refractivity contribution in [3.05, 3.63) is 0 Å². The van der Waals surface area contributed by atoms with E-state index in [0.29, 0.717) is 0 Å². The molecule has 0 fully saturated rings. The second-order valence-corrected chi connectivity index (χ2v) is 7.78. The summed E-state index contributed by atoms with van der Waals surface area (Å²) in [6, 6.07) is 0. The maximum Gasteiger partial charge on any atom is 0.0341 e. The molecule has 126 valence electrons. The predicted molar refractivity (Wildman–Crippen MR) is 106 cm³/mol. The first-order chi connectivity index (χ1) is 10.4. The molecule has 0 atom stereocenters. The highest BCUT2D eigenvalue weighted by atomic mass is 32.2. The van der Waals surface area contributed by atoms with Gasteiger partial charge >= 0.3 is 0 Å². The minimum Gasteiger partial charge on any atom is -0.122 e. The molecule has 0 aliphatic carbocycles. The Kier molecular flexibility index (Phi) is 20.9. The van der Waals surface area contributed by atoms with Gasteiger partial charge in [0.05, 0.1) is 0 Å². The largest absolute Gasteiger partial charge is 0.122 e.